The van der Waals surface area contributed by atoms with Crippen molar-refractivity contribution in [3.8, 4) is 0 Å². The highest BCUT2D eigenvalue weighted by molar-refractivity contribution is 9.10. The first-order chi connectivity index (χ1) is 10.2. The first-order valence-corrected chi connectivity index (χ1v) is 7.12. The molecule has 0 unspecified atom stereocenters. The van der Waals surface area contributed by atoms with E-state index in [0.29, 0.717) is 18.8 Å². The number of rotatable bonds is 4. The Balaban J connectivity index is 1.89. The molecule has 0 bridgehead atoms. The molecule has 0 radical (unpaired) electrons. The normalized spacial score (nSPS) is 11.1. The molecule has 3 aromatic rings. The smallest absolute Gasteiger partial charge is 0.253 e. The molecule has 0 saturated heterocycles. The zero-order valence-corrected chi connectivity index (χ0v) is 12.9. The highest BCUT2D eigenvalue weighted by atomic mass is 79.9. The van der Waals surface area contributed by atoms with Gasteiger partial charge in [-0.05, 0) is 28.1 Å². The average molecular weight is 349 g/mol. The highest BCUT2D eigenvalue weighted by Crippen LogP contribution is 2.12. The van der Waals surface area contributed by atoms with Crippen molar-refractivity contribution < 1.29 is 4.74 Å². The van der Waals surface area contributed by atoms with Gasteiger partial charge in [-0.2, -0.15) is 0 Å². The number of aromatic nitrogens is 4. The van der Waals surface area contributed by atoms with E-state index < -0.39 is 0 Å². The van der Waals surface area contributed by atoms with Crippen LogP contribution in [0.15, 0.2) is 46.2 Å². The number of fused-ring (bicyclic) bond motifs is 1. The van der Waals surface area contributed by atoms with Gasteiger partial charge >= 0.3 is 0 Å². The van der Waals surface area contributed by atoms with Gasteiger partial charge in [0.15, 0.2) is 0 Å². The molecule has 0 fully saturated rings. The highest BCUT2D eigenvalue weighted by Gasteiger charge is 2.05. The van der Waals surface area contributed by atoms with Gasteiger partial charge in [0.2, 0.25) is 0 Å². The van der Waals surface area contributed by atoms with E-state index in [4.69, 9.17) is 4.74 Å². The Morgan fingerprint density at radius 3 is 2.90 bits per heavy atom. The number of halogens is 1. The van der Waals surface area contributed by atoms with E-state index in [-0.39, 0.29) is 5.56 Å². The number of ether oxygens (including phenoxy) is 1. The number of methoxy groups -OCH3 is 1. The topological polar surface area (TPSA) is 61.4 Å². The van der Waals surface area contributed by atoms with Crippen LogP contribution in [0.2, 0.25) is 0 Å². The molecule has 0 aromatic carbocycles. The molecule has 3 heterocycles. The van der Waals surface area contributed by atoms with Gasteiger partial charge in [-0.1, -0.05) is 0 Å². The van der Waals surface area contributed by atoms with Crippen LogP contribution >= 0.6 is 15.9 Å². The van der Waals surface area contributed by atoms with Crippen LogP contribution in [0, 0.1) is 0 Å². The minimum Gasteiger partial charge on any atom is -0.378 e. The Morgan fingerprint density at radius 2 is 2.14 bits per heavy atom. The van der Waals surface area contributed by atoms with Crippen molar-refractivity contribution in [2.24, 2.45) is 0 Å². The van der Waals surface area contributed by atoms with Gasteiger partial charge in [0.1, 0.15) is 5.65 Å². The molecule has 3 rings (SSSR count). The molecule has 21 heavy (non-hydrogen) atoms. The Hall–Kier alpha value is -1.99. The first-order valence-electron chi connectivity index (χ1n) is 6.33. The lowest BCUT2D eigenvalue weighted by Crippen LogP contribution is -2.21. The minimum absolute atomic E-state index is 0.115. The van der Waals surface area contributed by atoms with Crippen LogP contribution in [0.25, 0.3) is 5.65 Å². The maximum Gasteiger partial charge on any atom is 0.253 e. The summed E-state index contributed by atoms with van der Waals surface area (Å²) in [6.45, 7) is 0.719. The Kier molecular flexibility index (Phi) is 3.85. The number of pyridine rings is 1. The zero-order valence-electron chi connectivity index (χ0n) is 11.4. The monoisotopic (exact) mass is 348 g/mol. The van der Waals surface area contributed by atoms with E-state index in [1.54, 1.807) is 7.11 Å². The quantitative estimate of drug-likeness (QED) is 0.721. The SMILES string of the molecule is COCc1cc(=O)n(Cc2cn3cc(Br)ccc3n2)cn1. The lowest BCUT2D eigenvalue weighted by atomic mass is 10.4. The van der Waals surface area contributed by atoms with Crippen LogP contribution in [0.3, 0.4) is 0 Å². The molecule has 108 valence electrons. The third kappa shape index (κ3) is 3.03. The van der Waals surface area contributed by atoms with Gasteiger partial charge in [-0.15, -0.1) is 0 Å². The van der Waals surface area contributed by atoms with E-state index in [2.05, 4.69) is 25.9 Å². The Labute approximate surface area is 129 Å². The number of nitrogens with zero attached hydrogens (tertiary/aromatic N) is 4. The Bertz CT molecular complexity index is 840. The van der Waals surface area contributed by atoms with Crippen molar-refractivity contribution in [3.05, 3.63) is 63.1 Å². The molecule has 0 saturated carbocycles. The molecule has 3 aromatic heterocycles. The summed E-state index contributed by atoms with van der Waals surface area (Å²) in [5.41, 5.74) is 2.15. The van der Waals surface area contributed by atoms with E-state index >= 15 is 0 Å². The molecule has 0 N–H and O–H groups in total. The van der Waals surface area contributed by atoms with Crippen molar-refractivity contribution in [2.45, 2.75) is 13.2 Å². The van der Waals surface area contributed by atoms with E-state index in [9.17, 15) is 4.79 Å². The van der Waals surface area contributed by atoms with Crippen LogP contribution in [-0.4, -0.2) is 26.0 Å². The second kappa shape index (κ2) is 5.79. The van der Waals surface area contributed by atoms with Crippen molar-refractivity contribution >= 4 is 21.6 Å². The number of imidazole rings is 1. The standard InChI is InChI=1S/C14H13BrN4O2/c1-21-8-11-4-14(20)19(9-16-11)7-12-6-18-5-10(15)2-3-13(18)17-12/h2-6,9H,7-8H2,1H3. The van der Waals surface area contributed by atoms with E-state index in [0.717, 1.165) is 15.8 Å². The van der Waals surface area contributed by atoms with Gasteiger partial charge < -0.3 is 9.14 Å². The van der Waals surface area contributed by atoms with Crippen molar-refractivity contribution in [1.29, 1.82) is 0 Å². The van der Waals surface area contributed by atoms with E-state index in [1.807, 2.05) is 28.9 Å². The molecule has 6 nitrogen and oxygen atoms in total. The fraction of sp³-hybridized carbons (Fsp3) is 0.214. The average Bonchev–Trinajstić information content (AvgIpc) is 2.83. The largest absolute Gasteiger partial charge is 0.378 e. The summed E-state index contributed by atoms with van der Waals surface area (Å²) in [5, 5.41) is 0. The maximum absolute atomic E-state index is 12.0. The zero-order chi connectivity index (χ0) is 14.8. The predicted molar refractivity (Wildman–Crippen MR) is 81.2 cm³/mol. The second-order valence-corrected chi connectivity index (χ2v) is 5.54. The Morgan fingerprint density at radius 1 is 1.29 bits per heavy atom. The van der Waals surface area contributed by atoms with Gasteiger partial charge in [0.25, 0.3) is 5.56 Å². The first kappa shape index (κ1) is 14.0. The molecule has 0 aliphatic heterocycles. The van der Waals surface area contributed by atoms with Gasteiger partial charge in [0, 0.05) is 30.0 Å². The van der Waals surface area contributed by atoms with Crippen molar-refractivity contribution in [2.75, 3.05) is 7.11 Å². The van der Waals surface area contributed by atoms with Crippen LogP contribution in [0.1, 0.15) is 11.4 Å². The molecule has 0 aliphatic carbocycles. The summed E-state index contributed by atoms with van der Waals surface area (Å²) < 4.78 is 9.37. The predicted octanol–water partition coefficient (Wildman–Crippen LogP) is 1.85. The van der Waals surface area contributed by atoms with E-state index in [1.165, 1.54) is 17.0 Å². The maximum atomic E-state index is 12.0. The summed E-state index contributed by atoms with van der Waals surface area (Å²) in [4.78, 5) is 20.7. The molecule has 0 atom stereocenters. The minimum atomic E-state index is -0.115. The summed E-state index contributed by atoms with van der Waals surface area (Å²) in [5.74, 6) is 0. The molecular formula is C14H13BrN4O2. The van der Waals surface area contributed by atoms with Gasteiger partial charge in [0.05, 0.1) is 30.9 Å². The van der Waals surface area contributed by atoms with Crippen LogP contribution in [-0.2, 0) is 17.9 Å². The van der Waals surface area contributed by atoms with Crippen molar-refractivity contribution in [1.82, 2.24) is 18.9 Å². The summed E-state index contributed by atoms with van der Waals surface area (Å²) in [7, 11) is 1.57. The summed E-state index contributed by atoms with van der Waals surface area (Å²) in [6, 6.07) is 5.32. The van der Waals surface area contributed by atoms with Gasteiger partial charge in [-0.3, -0.25) is 9.36 Å². The molecule has 0 amide bonds. The number of hydrogen-bond donors (Lipinski definition) is 0. The second-order valence-electron chi connectivity index (χ2n) is 4.62. The van der Waals surface area contributed by atoms with Crippen LogP contribution < -0.4 is 5.56 Å². The van der Waals surface area contributed by atoms with Crippen molar-refractivity contribution in [3.63, 3.8) is 0 Å². The lowest BCUT2D eigenvalue weighted by Gasteiger charge is -2.03. The van der Waals surface area contributed by atoms with Crippen LogP contribution in [0.4, 0.5) is 0 Å². The molecular weight excluding hydrogens is 336 g/mol. The number of hydrogen-bond acceptors (Lipinski definition) is 4. The third-order valence-electron chi connectivity index (χ3n) is 3.03. The molecule has 0 spiro atoms. The fourth-order valence-corrected chi connectivity index (χ4v) is 2.43. The summed E-state index contributed by atoms with van der Waals surface area (Å²) in [6.07, 6.45) is 5.35. The third-order valence-corrected chi connectivity index (χ3v) is 3.49. The molecule has 0 aliphatic rings. The van der Waals surface area contributed by atoms with Crippen LogP contribution in [0.5, 0.6) is 0 Å². The molecule has 7 heteroatoms. The lowest BCUT2D eigenvalue weighted by molar-refractivity contribution is 0.181. The fourth-order valence-electron chi connectivity index (χ4n) is 2.08. The summed E-state index contributed by atoms with van der Waals surface area (Å²) >= 11 is 3.42. The van der Waals surface area contributed by atoms with Gasteiger partial charge in [-0.25, -0.2) is 9.97 Å².